The molecule has 0 saturated carbocycles. The first-order valence-electron chi connectivity index (χ1n) is 13.5. The Labute approximate surface area is 286 Å². The van der Waals surface area contributed by atoms with E-state index < -0.39 is 37.7 Å². The zero-order chi connectivity index (χ0) is 35.8. The normalized spacial score (nSPS) is 11.2. The lowest BCUT2D eigenvalue weighted by molar-refractivity contribution is 0.0600. The van der Waals surface area contributed by atoms with Crippen molar-refractivity contribution < 1.29 is 39.9 Å². The Morgan fingerprint density at radius 3 is 1.48 bits per heavy atom. The fourth-order valence-electron chi connectivity index (χ4n) is 3.93. The number of hydrogen-bond acceptors (Lipinski definition) is 10. The van der Waals surface area contributed by atoms with Crippen LogP contribution >= 0.6 is 23.2 Å². The molecule has 0 fully saturated rings. The summed E-state index contributed by atoms with van der Waals surface area (Å²) in [7, 11) is -6.06. The molecule has 256 valence electrons. The molecule has 12 nitrogen and oxygen atoms in total. The zero-order valence-corrected chi connectivity index (χ0v) is 28.7. The number of rotatable bonds is 11. The molecule has 4 aromatic rings. The van der Waals surface area contributed by atoms with Crippen molar-refractivity contribution >= 4 is 66.4 Å². The third-order valence-electron chi connectivity index (χ3n) is 6.37. The van der Waals surface area contributed by atoms with Crippen LogP contribution in [0, 0.1) is 11.6 Å². The van der Waals surface area contributed by atoms with Crippen LogP contribution in [0.5, 0.6) is 0 Å². The minimum absolute atomic E-state index is 0.0854. The van der Waals surface area contributed by atoms with Crippen LogP contribution in [0.1, 0.15) is 32.1 Å². The fraction of sp³-hybridized carbons (Fsp3) is 0.200. The molecule has 4 rings (SSSR count). The van der Waals surface area contributed by atoms with Crippen molar-refractivity contribution in [1.29, 1.82) is 0 Å². The van der Waals surface area contributed by atoms with E-state index in [1.54, 1.807) is 0 Å². The van der Waals surface area contributed by atoms with Crippen LogP contribution in [0.4, 0.5) is 20.2 Å². The summed E-state index contributed by atoms with van der Waals surface area (Å²) in [6.45, 7) is -0.315. The van der Waals surface area contributed by atoms with Gasteiger partial charge < -0.3 is 10.5 Å². The van der Waals surface area contributed by atoms with Crippen molar-refractivity contribution in [2.75, 3.05) is 34.8 Å². The van der Waals surface area contributed by atoms with E-state index in [0.29, 0.717) is 17.0 Å². The van der Waals surface area contributed by atoms with Crippen LogP contribution in [-0.4, -0.2) is 64.7 Å². The van der Waals surface area contributed by atoms with Crippen molar-refractivity contribution in [1.82, 2.24) is 9.97 Å². The van der Waals surface area contributed by atoms with Gasteiger partial charge in [-0.1, -0.05) is 23.2 Å². The van der Waals surface area contributed by atoms with Crippen molar-refractivity contribution in [3.05, 3.63) is 117 Å². The lowest BCUT2D eigenvalue weighted by Crippen LogP contribution is -2.29. The number of esters is 1. The van der Waals surface area contributed by atoms with Crippen LogP contribution in [0.2, 0.25) is 10.0 Å². The van der Waals surface area contributed by atoms with E-state index in [2.05, 4.69) is 14.7 Å². The summed E-state index contributed by atoms with van der Waals surface area (Å²) in [6.07, 6.45) is 4.67. The topological polar surface area (TPSA) is 170 Å². The maximum absolute atomic E-state index is 13.3. The van der Waals surface area contributed by atoms with Gasteiger partial charge in [0.05, 0.1) is 77.6 Å². The van der Waals surface area contributed by atoms with Gasteiger partial charge in [-0.2, -0.15) is 0 Å². The number of sulfonamides is 2. The largest absolute Gasteiger partial charge is 0.465 e. The number of carbonyl (C=O) groups is 2. The Bertz CT molecular complexity index is 1860. The minimum Gasteiger partial charge on any atom is -0.465 e. The quantitative estimate of drug-likeness (QED) is 0.169. The van der Waals surface area contributed by atoms with E-state index in [1.165, 1.54) is 68.0 Å². The predicted molar refractivity (Wildman–Crippen MR) is 178 cm³/mol. The zero-order valence-electron chi connectivity index (χ0n) is 25.6. The van der Waals surface area contributed by atoms with Crippen molar-refractivity contribution in [3.63, 3.8) is 0 Å². The number of benzene rings is 2. The molecular formula is C30H29Cl2F2N5O7S2. The molecule has 2 N–H and O–H groups in total. The first-order chi connectivity index (χ1) is 22.4. The second-order valence-electron chi connectivity index (χ2n) is 9.93. The Hall–Kier alpha value is -4.22. The van der Waals surface area contributed by atoms with Gasteiger partial charge in [0.1, 0.15) is 11.6 Å². The fourth-order valence-corrected chi connectivity index (χ4v) is 6.01. The Kier molecular flexibility index (Phi) is 12.9. The third kappa shape index (κ3) is 10.4. The van der Waals surface area contributed by atoms with E-state index in [4.69, 9.17) is 28.9 Å². The number of Topliss-reactive ketones (excluding diaryl/α,β-unsaturated/α-hetero) is 1. The average Bonchev–Trinajstić information content (AvgIpc) is 3.04. The van der Waals surface area contributed by atoms with Gasteiger partial charge in [-0.15, -0.1) is 0 Å². The number of nitrogens with two attached hydrogens (primary N) is 1. The molecule has 0 aliphatic rings. The smallest absolute Gasteiger partial charge is 0.339 e. The Balaban J connectivity index is 0.000000260. The first kappa shape index (κ1) is 38.2. The maximum Gasteiger partial charge on any atom is 0.339 e. The van der Waals surface area contributed by atoms with Crippen LogP contribution < -0.4 is 14.3 Å². The minimum atomic E-state index is -3.66. The standard InChI is InChI=1S/C15H15ClFN3O3S.C15H14ClFN2O4S/c1-24(22,23)20(12-4-5-14(17)13(16)6-12)9-11-3-2-10(8-19-11)15(21)7-18;1-23-15(20)10-3-4-11(18-8-10)9-19(24(2,21)22)12-5-6-14(17)13(16)7-12/h2-6,8H,7,9,18H2,1H3;3-8H,9H2,1-2H3. The summed E-state index contributed by atoms with van der Waals surface area (Å²) in [5.41, 5.74) is 7.10. The number of halogens is 4. The van der Waals surface area contributed by atoms with Crippen LogP contribution in [0.25, 0.3) is 0 Å². The maximum atomic E-state index is 13.3. The number of ether oxygens (including phenoxy) is 1. The lowest BCUT2D eigenvalue weighted by atomic mass is 10.2. The summed E-state index contributed by atoms with van der Waals surface area (Å²) in [5.74, 6) is -2.09. The van der Waals surface area contributed by atoms with Crippen molar-refractivity contribution in [2.45, 2.75) is 13.1 Å². The molecule has 0 spiro atoms. The number of hydrogen-bond donors (Lipinski definition) is 1. The number of carbonyl (C=O) groups excluding carboxylic acids is 2. The molecule has 48 heavy (non-hydrogen) atoms. The number of aromatic nitrogens is 2. The van der Waals surface area contributed by atoms with Gasteiger partial charge in [-0.3, -0.25) is 23.4 Å². The molecule has 2 aromatic carbocycles. The van der Waals surface area contributed by atoms with Gasteiger partial charge in [-0.05, 0) is 60.7 Å². The molecule has 0 radical (unpaired) electrons. The first-order valence-corrected chi connectivity index (χ1v) is 18.0. The highest BCUT2D eigenvalue weighted by Crippen LogP contribution is 2.27. The second kappa shape index (κ2) is 16.3. The molecular weight excluding hydrogens is 715 g/mol. The van der Waals surface area contributed by atoms with E-state index in [-0.39, 0.29) is 52.4 Å². The van der Waals surface area contributed by atoms with Gasteiger partial charge in [0.15, 0.2) is 5.78 Å². The molecule has 0 atom stereocenters. The summed E-state index contributed by atoms with van der Waals surface area (Å²) in [6, 6.07) is 13.3. The van der Waals surface area contributed by atoms with Crippen LogP contribution in [-0.2, 0) is 37.9 Å². The highest BCUT2D eigenvalue weighted by atomic mass is 35.5. The monoisotopic (exact) mass is 743 g/mol. The van der Waals surface area contributed by atoms with Gasteiger partial charge in [-0.25, -0.2) is 30.4 Å². The molecule has 0 aliphatic carbocycles. The highest BCUT2D eigenvalue weighted by Gasteiger charge is 2.21. The van der Waals surface area contributed by atoms with Crippen LogP contribution in [0.3, 0.4) is 0 Å². The number of ketones is 1. The average molecular weight is 745 g/mol. The van der Waals surface area contributed by atoms with Crippen molar-refractivity contribution in [2.24, 2.45) is 5.73 Å². The molecule has 18 heteroatoms. The summed E-state index contributed by atoms with van der Waals surface area (Å²) in [5, 5.41) is -0.367. The molecule has 0 bridgehead atoms. The predicted octanol–water partition coefficient (Wildman–Crippen LogP) is 4.61. The number of nitrogens with zero attached hydrogens (tertiary/aromatic N) is 4. The van der Waals surface area contributed by atoms with Gasteiger partial charge >= 0.3 is 5.97 Å². The van der Waals surface area contributed by atoms with Gasteiger partial charge in [0.2, 0.25) is 20.0 Å². The number of methoxy groups -OCH3 is 1. The third-order valence-corrected chi connectivity index (χ3v) is 9.23. The van der Waals surface area contributed by atoms with Crippen LogP contribution in [0.15, 0.2) is 73.1 Å². The van der Waals surface area contributed by atoms with Gasteiger partial charge in [0, 0.05) is 18.0 Å². The molecule has 0 aliphatic heterocycles. The van der Waals surface area contributed by atoms with E-state index >= 15 is 0 Å². The molecule has 0 unspecified atom stereocenters. The van der Waals surface area contributed by atoms with Gasteiger partial charge in [0.25, 0.3) is 0 Å². The summed E-state index contributed by atoms with van der Waals surface area (Å²) < 4.78 is 81.4. The summed E-state index contributed by atoms with van der Waals surface area (Å²) in [4.78, 5) is 31.0. The van der Waals surface area contributed by atoms with E-state index in [1.807, 2.05) is 0 Å². The number of anilines is 2. The molecule has 2 heterocycles. The molecule has 0 saturated heterocycles. The molecule has 2 aromatic heterocycles. The highest BCUT2D eigenvalue weighted by molar-refractivity contribution is 7.92. The van der Waals surface area contributed by atoms with Crippen molar-refractivity contribution in [3.8, 4) is 0 Å². The second-order valence-corrected chi connectivity index (χ2v) is 14.6. The van der Waals surface area contributed by atoms with E-state index in [9.17, 15) is 35.2 Å². The Morgan fingerprint density at radius 1 is 0.750 bits per heavy atom. The SMILES string of the molecule is COC(=O)c1ccc(CN(c2ccc(F)c(Cl)c2)S(C)(=O)=O)nc1.CS(=O)(=O)N(Cc1ccc(C(=O)CN)cn1)c1ccc(F)c(Cl)c1. The lowest BCUT2D eigenvalue weighted by Gasteiger charge is -2.22. The summed E-state index contributed by atoms with van der Waals surface area (Å²) >= 11 is 11.4. The Morgan fingerprint density at radius 2 is 1.17 bits per heavy atom. The molecule has 0 amide bonds. The van der Waals surface area contributed by atoms with E-state index in [0.717, 1.165) is 33.3 Å². The number of pyridine rings is 2.